The van der Waals surface area contributed by atoms with Crippen LogP contribution in [0.3, 0.4) is 0 Å². The van der Waals surface area contributed by atoms with E-state index in [1.54, 1.807) is 17.5 Å². The van der Waals surface area contributed by atoms with E-state index >= 15 is 0 Å². The van der Waals surface area contributed by atoms with E-state index in [4.69, 9.17) is 0 Å². The zero-order chi connectivity index (χ0) is 15.2. The van der Waals surface area contributed by atoms with Crippen molar-refractivity contribution in [2.45, 2.75) is 19.8 Å². The van der Waals surface area contributed by atoms with Crippen molar-refractivity contribution in [2.24, 2.45) is 0 Å². The molecule has 1 unspecified atom stereocenters. The number of carbonyl (C=O) groups is 1. The molecule has 0 aliphatic heterocycles. The summed E-state index contributed by atoms with van der Waals surface area (Å²) in [6, 6.07) is 1.19. The van der Waals surface area contributed by atoms with Gasteiger partial charge in [-0.25, -0.2) is 14.4 Å². The Bertz CT molecular complexity index is 603. The number of thiazole rings is 1. The maximum Gasteiger partial charge on any atom is 0.255 e. The van der Waals surface area contributed by atoms with Crippen LogP contribution in [-0.4, -0.2) is 29.0 Å². The average Bonchev–Trinajstić information content (AvgIpc) is 3.01. The summed E-state index contributed by atoms with van der Waals surface area (Å²) in [6.45, 7) is 4.91. The fourth-order valence-corrected chi connectivity index (χ4v) is 2.53. The fourth-order valence-electron chi connectivity index (χ4n) is 1.83. The van der Waals surface area contributed by atoms with Gasteiger partial charge < -0.3 is 10.6 Å². The van der Waals surface area contributed by atoms with Crippen LogP contribution in [0, 0.1) is 5.82 Å². The third kappa shape index (κ3) is 3.98. The molecular formula is C14H17FN4OS. The second-order valence-electron chi connectivity index (χ2n) is 4.56. The number of anilines is 1. The average molecular weight is 308 g/mol. The minimum Gasteiger partial charge on any atom is -0.370 e. The first-order valence-corrected chi connectivity index (χ1v) is 7.56. The van der Waals surface area contributed by atoms with Gasteiger partial charge in [0.15, 0.2) is 0 Å². The topological polar surface area (TPSA) is 66.9 Å². The maximum atomic E-state index is 13.3. The highest BCUT2D eigenvalue weighted by atomic mass is 32.1. The lowest BCUT2D eigenvalue weighted by Gasteiger charge is -2.12. The number of halogens is 1. The molecule has 0 saturated heterocycles. The number of carbonyl (C=O) groups excluding carboxylic acids is 1. The van der Waals surface area contributed by atoms with Gasteiger partial charge in [-0.2, -0.15) is 0 Å². The van der Waals surface area contributed by atoms with Gasteiger partial charge in [-0.3, -0.25) is 4.79 Å². The molecule has 21 heavy (non-hydrogen) atoms. The molecule has 2 heterocycles. The Labute approximate surface area is 126 Å². The van der Waals surface area contributed by atoms with E-state index in [1.807, 2.05) is 19.2 Å². The fraction of sp³-hybridized carbons (Fsp3) is 0.357. The second kappa shape index (κ2) is 7.12. The third-order valence-corrected chi connectivity index (χ3v) is 3.89. The van der Waals surface area contributed by atoms with Gasteiger partial charge in [-0.15, -0.1) is 11.3 Å². The molecule has 112 valence electrons. The molecule has 0 saturated carbocycles. The van der Waals surface area contributed by atoms with Crippen LogP contribution >= 0.6 is 11.3 Å². The predicted octanol–water partition coefficient (Wildman–Crippen LogP) is 2.64. The number of nitrogens with zero attached hydrogens (tertiary/aromatic N) is 2. The lowest BCUT2D eigenvalue weighted by atomic mass is 10.2. The van der Waals surface area contributed by atoms with Gasteiger partial charge in [0.1, 0.15) is 11.6 Å². The van der Waals surface area contributed by atoms with E-state index in [0.717, 1.165) is 11.2 Å². The SMILES string of the molecule is CCNc1ncc(F)cc1C(=O)NCC(C)c1nccs1. The van der Waals surface area contributed by atoms with Crippen LogP contribution in [0.25, 0.3) is 0 Å². The zero-order valence-corrected chi connectivity index (χ0v) is 12.7. The molecule has 7 heteroatoms. The molecular weight excluding hydrogens is 291 g/mol. The highest BCUT2D eigenvalue weighted by molar-refractivity contribution is 7.09. The number of hydrogen-bond donors (Lipinski definition) is 2. The van der Waals surface area contributed by atoms with Crippen LogP contribution < -0.4 is 10.6 Å². The summed E-state index contributed by atoms with van der Waals surface area (Å²) in [5.41, 5.74) is 0.211. The Kier molecular flexibility index (Phi) is 5.21. The summed E-state index contributed by atoms with van der Waals surface area (Å²) in [5.74, 6) is -0.382. The molecule has 2 aromatic heterocycles. The van der Waals surface area contributed by atoms with Crippen LogP contribution in [0.1, 0.15) is 35.1 Å². The highest BCUT2D eigenvalue weighted by Crippen LogP contribution is 2.17. The van der Waals surface area contributed by atoms with Gasteiger partial charge in [0.05, 0.1) is 16.8 Å². The molecule has 0 aliphatic carbocycles. The first-order chi connectivity index (χ1) is 10.1. The van der Waals surface area contributed by atoms with E-state index in [1.165, 1.54) is 6.07 Å². The van der Waals surface area contributed by atoms with Crippen molar-refractivity contribution >= 4 is 23.1 Å². The number of nitrogens with one attached hydrogen (secondary N) is 2. The van der Waals surface area contributed by atoms with E-state index in [-0.39, 0.29) is 17.4 Å². The molecule has 0 bridgehead atoms. The third-order valence-electron chi connectivity index (χ3n) is 2.88. The first-order valence-electron chi connectivity index (χ1n) is 6.68. The summed E-state index contributed by atoms with van der Waals surface area (Å²) in [6.07, 6.45) is 2.82. The lowest BCUT2D eigenvalue weighted by molar-refractivity contribution is 0.0951. The quantitative estimate of drug-likeness (QED) is 0.861. The Morgan fingerprint density at radius 2 is 2.29 bits per heavy atom. The number of aromatic nitrogens is 2. The number of pyridine rings is 1. The summed E-state index contributed by atoms with van der Waals surface area (Å²) >= 11 is 1.55. The van der Waals surface area contributed by atoms with Crippen LogP contribution in [0.4, 0.5) is 10.2 Å². The molecule has 0 aliphatic rings. The van der Waals surface area contributed by atoms with E-state index in [9.17, 15) is 9.18 Å². The van der Waals surface area contributed by atoms with Gasteiger partial charge in [0.25, 0.3) is 5.91 Å². The highest BCUT2D eigenvalue weighted by Gasteiger charge is 2.15. The van der Waals surface area contributed by atoms with Crippen LogP contribution in [0.15, 0.2) is 23.8 Å². The van der Waals surface area contributed by atoms with E-state index < -0.39 is 5.82 Å². The van der Waals surface area contributed by atoms with Crippen molar-refractivity contribution in [1.82, 2.24) is 15.3 Å². The van der Waals surface area contributed by atoms with Crippen molar-refractivity contribution < 1.29 is 9.18 Å². The first kappa shape index (κ1) is 15.4. The Balaban J connectivity index is 2.04. The monoisotopic (exact) mass is 308 g/mol. The van der Waals surface area contributed by atoms with Crippen LogP contribution in [0.5, 0.6) is 0 Å². The van der Waals surface area contributed by atoms with Crippen molar-refractivity contribution in [2.75, 3.05) is 18.4 Å². The normalized spacial score (nSPS) is 12.0. The Morgan fingerprint density at radius 1 is 1.48 bits per heavy atom. The van der Waals surface area contributed by atoms with Crippen molar-refractivity contribution in [3.05, 3.63) is 40.2 Å². The minimum absolute atomic E-state index is 0.109. The molecule has 2 rings (SSSR count). The summed E-state index contributed by atoms with van der Waals surface area (Å²) < 4.78 is 13.3. The van der Waals surface area contributed by atoms with E-state index in [2.05, 4.69) is 20.6 Å². The van der Waals surface area contributed by atoms with Gasteiger partial charge in [0, 0.05) is 30.6 Å². The molecule has 1 amide bonds. The summed E-state index contributed by atoms with van der Waals surface area (Å²) in [5, 5.41) is 8.60. The van der Waals surface area contributed by atoms with Gasteiger partial charge in [-0.05, 0) is 13.0 Å². The maximum absolute atomic E-state index is 13.3. The molecule has 0 radical (unpaired) electrons. The number of rotatable bonds is 6. The molecule has 0 fully saturated rings. The molecule has 5 nitrogen and oxygen atoms in total. The number of hydrogen-bond acceptors (Lipinski definition) is 5. The zero-order valence-electron chi connectivity index (χ0n) is 11.9. The second-order valence-corrected chi connectivity index (χ2v) is 5.49. The smallest absolute Gasteiger partial charge is 0.255 e. The molecule has 0 aromatic carbocycles. The van der Waals surface area contributed by atoms with Gasteiger partial charge >= 0.3 is 0 Å². The lowest BCUT2D eigenvalue weighted by Crippen LogP contribution is -2.28. The summed E-state index contributed by atoms with van der Waals surface area (Å²) in [7, 11) is 0. The van der Waals surface area contributed by atoms with Crippen LogP contribution in [0.2, 0.25) is 0 Å². The van der Waals surface area contributed by atoms with Crippen molar-refractivity contribution in [3.8, 4) is 0 Å². The van der Waals surface area contributed by atoms with Gasteiger partial charge in [0.2, 0.25) is 0 Å². The standard InChI is InChI=1S/C14H17FN4OS/c1-3-16-12-11(6-10(15)8-18-12)13(20)19-7-9(2)14-17-4-5-21-14/h4-6,8-9H,3,7H2,1-2H3,(H,16,18)(H,19,20). The predicted molar refractivity (Wildman–Crippen MR) is 81.2 cm³/mol. The molecule has 1 atom stereocenters. The van der Waals surface area contributed by atoms with Crippen molar-refractivity contribution in [3.63, 3.8) is 0 Å². The largest absolute Gasteiger partial charge is 0.370 e. The minimum atomic E-state index is -0.533. The Hall–Kier alpha value is -2.02. The van der Waals surface area contributed by atoms with Crippen molar-refractivity contribution in [1.29, 1.82) is 0 Å². The summed E-state index contributed by atoms with van der Waals surface area (Å²) in [4.78, 5) is 20.3. The van der Waals surface area contributed by atoms with E-state index in [0.29, 0.717) is 18.9 Å². The number of amides is 1. The van der Waals surface area contributed by atoms with Crippen LogP contribution in [-0.2, 0) is 0 Å². The van der Waals surface area contributed by atoms with Gasteiger partial charge in [-0.1, -0.05) is 6.92 Å². The molecule has 0 spiro atoms. The molecule has 2 N–H and O–H groups in total. The molecule has 2 aromatic rings. The Morgan fingerprint density at radius 3 is 2.95 bits per heavy atom.